The highest BCUT2D eigenvalue weighted by molar-refractivity contribution is 5.85. The van der Waals surface area contributed by atoms with Crippen LogP contribution in [0.1, 0.15) is 26.7 Å². The molecular formula is C9H17N3O. The van der Waals surface area contributed by atoms with Crippen LogP contribution in [0.3, 0.4) is 0 Å². The van der Waals surface area contributed by atoms with Gasteiger partial charge in [0.05, 0.1) is 0 Å². The second kappa shape index (κ2) is 6.22. The first-order valence-corrected chi connectivity index (χ1v) is 4.33. The maximum absolute atomic E-state index is 10.4. The van der Waals surface area contributed by atoms with Gasteiger partial charge >= 0.3 is 6.03 Å². The van der Waals surface area contributed by atoms with Crippen molar-refractivity contribution in [3.8, 4) is 0 Å². The molecule has 0 aromatic heterocycles. The van der Waals surface area contributed by atoms with E-state index in [-0.39, 0.29) is 0 Å². The van der Waals surface area contributed by atoms with Gasteiger partial charge < -0.3 is 5.73 Å². The number of primary amides is 1. The first-order valence-electron chi connectivity index (χ1n) is 4.33. The fourth-order valence-electron chi connectivity index (χ4n) is 0.858. The molecule has 4 heteroatoms. The predicted molar refractivity (Wildman–Crippen MR) is 54.4 cm³/mol. The van der Waals surface area contributed by atoms with Gasteiger partial charge in [-0.05, 0) is 18.8 Å². The number of hydrogen-bond acceptors (Lipinski definition) is 2. The van der Waals surface area contributed by atoms with E-state index in [0.717, 1.165) is 18.6 Å². The average Bonchev–Trinajstić information content (AvgIpc) is 2.11. The SMILES string of the molecule is C=C[C@H](C)C/C(CC)=N/NC(N)=O. The Hall–Kier alpha value is -1.32. The third kappa shape index (κ3) is 5.90. The topological polar surface area (TPSA) is 67.5 Å². The van der Waals surface area contributed by atoms with Crippen LogP contribution in [0.15, 0.2) is 17.8 Å². The van der Waals surface area contributed by atoms with Gasteiger partial charge in [-0.3, -0.25) is 0 Å². The van der Waals surface area contributed by atoms with Crippen molar-refractivity contribution >= 4 is 11.7 Å². The Morgan fingerprint density at radius 2 is 2.38 bits per heavy atom. The lowest BCUT2D eigenvalue weighted by Crippen LogP contribution is -2.26. The number of rotatable bonds is 5. The average molecular weight is 183 g/mol. The highest BCUT2D eigenvalue weighted by Gasteiger charge is 2.02. The van der Waals surface area contributed by atoms with Gasteiger partial charge in [0, 0.05) is 5.71 Å². The van der Waals surface area contributed by atoms with Crippen LogP contribution in [0.25, 0.3) is 0 Å². The largest absolute Gasteiger partial charge is 0.350 e. The molecule has 0 fully saturated rings. The van der Waals surface area contributed by atoms with Gasteiger partial charge in [-0.15, -0.1) is 6.58 Å². The number of urea groups is 1. The van der Waals surface area contributed by atoms with E-state index in [2.05, 4.69) is 17.1 Å². The molecule has 3 N–H and O–H groups in total. The van der Waals surface area contributed by atoms with Crippen LogP contribution in [-0.4, -0.2) is 11.7 Å². The van der Waals surface area contributed by atoms with Crippen LogP contribution in [0.2, 0.25) is 0 Å². The lowest BCUT2D eigenvalue weighted by Gasteiger charge is -2.06. The Labute approximate surface area is 78.9 Å². The van der Waals surface area contributed by atoms with E-state index >= 15 is 0 Å². The minimum absolute atomic E-state index is 0.369. The van der Waals surface area contributed by atoms with Crippen LogP contribution >= 0.6 is 0 Å². The zero-order valence-electron chi connectivity index (χ0n) is 8.21. The van der Waals surface area contributed by atoms with Gasteiger partial charge in [0.1, 0.15) is 0 Å². The van der Waals surface area contributed by atoms with Crippen LogP contribution < -0.4 is 11.2 Å². The van der Waals surface area contributed by atoms with Crippen LogP contribution in [0, 0.1) is 5.92 Å². The molecule has 0 radical (unpaired) electrons. The quantitative estimate of drug-likeness (QED) is 0.379. The second-order valence-electron chi connectivity index (χ2n) is 2.92. The number of hydrogen-bond donors (Lipinski definition) is 2. The second-order valence-corrected chi connectivity index (χ2v) is 2.92. The summed E-state index contributed by atoms with van der Waals surface area (Å²) in [6.45, 7) is 7.70. The summed E-state index contributed by atoms with van der Waals surface area (Å²) in [5.41, 5.74) is 8.02. The summed E-state index contributed by atoms with van der Waals surface area (Å²) in [5, 5.41) is 3.87. The summed E-state index contributed by atoms with van der Waals surface area (Å²) >= 11 is 0. The maximum Gasteiger partial charge on any atom is 0.332 e. The summed E-state index contributed by atoms with van der Waals surface area (Å²) in [5.74, 6) is 0.369. The number of allylic oxidation sites excluding steroid dienone is 1. The van der Waals surface area contributed by atoms with E-state index in [1.165, 1.54) is 0 Å². The monoisotopic (exact) mass is 183 g/mol. The normalized spacial score (nSPS) is 13.5. The molecule has 0 rings (SSSR count). The van der Waals surface area contributed by atoms with Gasteiger partial charge in [-0.2, -0.15) is 5.10 Å². The van der Waals surface area contributed by atoms with E-state index in [0.29, 0.717) is 5.92 Å². The number of nitrogens with zero attached hydrogens (tertiary/aromatic N) is 1. The van der Waals surface area contributed by atoms with Gasteiger partial charge in [0.2, 0.25) is 0 Å². The molecule has 0 aliphatic heterocycles. The van der Waals surface area contributed by atoms with Crippen LogP contribution in [-0.2, 0) is 0 Å². The summed E-state index contributed by atoms with van der Waals surface area (Å²) in [4.78, 5) is 10.4. The molecule has 0 aliphatic carbocycles. The van der Waals surface area contributed by atoms with E-state index < -0.39 is 6.03 Å². The van der Waals surface area contributed by atoms with Crippen LogP contribution in [0.4, 0.5) is 4.79 Å². The zero-order valence-corrected chi connectivity index (χ0v) is 8.21. The van der Waals surface area contributed by atoms with Crippen molar-refractivity contribution < 1.29 is 4.79 Å². The molecular weight excluding hydrogens is 166 g/mol. The van der Waals surface area contributed by atoms with Crippen molar-refractivity contribution in [2.75, 3.05) is 0 Å². The van der Waals surface area contributed by atoms with Gasteiger partial charge in [0.15, 0.2) is 0 Å². The Kier molecular flexibility index (Phi) is 5.59. The third-order valence-electron chi connectivity index (χ3n) is 1.69. The summed E-state index contributed by atoms with van der Waals surface area (Å²) in [7, 11) is 0. The zero-order chi connectivity index (χ0) is 10.3. The number of carbonyl (C=O) groups is 1. The Morgan fingerprint density at radius 3 is 2.77 bits per heavy atom. The molecule has 0 aliphatic rings. The van der Waals surface area contributed by atoms with Crippen LogP contribution in [0.5, 0.6) is 0 Å². The van der Waals surface area contributed by atoms with Crippen molar-refractivity contribution in [2.45, 2.75) is 26.7 Å². The first-order chi connectivity index (χ1) is 6.10. The number of amides is 2. The highest BCUT2D eigenvalue weighted by atomic mass is 16.2. The van der Waals surface area contributed by atoms with E-state index in [1.54, 1.807) is 0 Å². The molecule has 74 valence electrons. The highest BCUT2D eigenvalue weighted by Crippen LogP contribution is 2.05. The molecule has 0 aromatic rings. The smallest absolute Gasteiger partial charge is 0.332 e. The van der Waals surface area contributed by atoms with Crippen molar-refractivity contribution in [1.29, 1.82) is 0 Å². The standard InChI is InChI=1S/C9H17N3O/c1-4-7(3)6-8(5-2)11-12-9(10)13/h4,7H,1,5-6H2,2-3H3,(H3,10,12,13)/b11-8+/t7-/m0/s1. The maximum atomic E-state index is 10.4. The molecule has 13 heavy (non-hydrogen) atoms. The summed E-state index contributed by atoms with van der Waals surface area (Å²) < 4.78 is 0. The van der Waals surface area contributed by atoms with E-state index in [1.807, 2.05) is 19.9 Å². The Morgan fingerprint density at radius 1 is 1.77 bits per heavy atom. The fraction of sp³-hybridized carbons (Fsp3) is 0.556. The molecule has 4 nitrogen and oxygen atoms in total. The minimum atomic E-state index is -0.628. The fourth-order valence-corrected chi connectivity index (χ4v) is 0.858. The molecule has 2 amide bonds. The van der Waals surface area contributed by atoms with Crippen molar-refractivity contribution in [2.24, 2.45) is 16.8 Å². The van der Waals surface area contributed by atoms with Gasteiger partial charge in [0.25, 0.3) is 0 Å². The molecule has 0 saturated heterocycles. The van der Waals surface area contributed by atoms with Gasteiger partial charge in [-0.1, -0.05) is 19.9 Å². The predicted octanol–water partition coefficient (Wildman–Crippen LogP) is 1.63. The molecule has 0 bridgehead atoms. The molecule has 0 saturated carbocycles. The van der Waals surface area contributed by atoms with Crippen molar-refractivity contribution in [1.82, 2.24) is 5.43 Å². The van der Waals surface area contributed by atoms with Gasteiger partial charge in [-0.25, -0.2) is 10.2 Å². The van der Waals surface area contributed by atoms with E-state index in [4.69, 9.17) is 5.73 Å². The number of nitrogens with one attached hydrogen (secondary N) is 1. The Bertz CT molecular complexity index is 211. The lowest BCUT2D eigenvalue weighted by atomic mass is 10.0. The summed E-state index contributed by atoms with van der Waals surface area (Å²) in [6, 6.07) is -0.628. The Balaban J connectivity index is 4.08. The molecule has 0 heterocycles. The first kappa shape index (κ1) is 11.7. The van der Waals surface area contributed by atoms with Crippen molar-refractivity contribution in [3.63, 3.8) is 0 Å². The summed E-state index contributed by atoms with van der Waals surface area (Å²) in [6.07, 6.45) is 3.47. The molecule has 0 unspecified atom stereocenters. The minimum Gasteiger partial charge on any atom is -0.350 e. The number of nitrogens with two attached hydrogens (primary N) is 1. The van der Waals surface area contributed by atoms with E-state index in [9.17, 15) is 4.79 Å². The number of carbonyl (C=O) groups excluding carboxylic acids is 1. The molecule has 1 atom stereocenters. The third-order valence-corrected chi connectivity index (χ3v) is 1.69. The molecule has 0 aromatic carbocycles. The molecule has 0 spiro atoms. The lowest BCUT2D eigenvalue weighted by molar-refractivity contribution is 0.249. The van der Waals surface area contributed by atoms with Crippen molar-refractivity contribution in [3.05, 3.63) is 12.7 Å². The number of hydrazone groups is 1.